The molecule has 1 aromatic heterocycles. The van der Waals surface area contributed by atoms with Crippen molar-refractivity contribution in [2.45, 2.75) is 17.8 Å². The second kappa shape index (κ2) is 5.32. The Balaban J connectivity index is 2.05. The molecule has 0 bridgehead atoms. The molecule has 4 heteroatoms. The van der Waals surface area contributed by atoms with Gasteiger partial charge in [-0.15, -0.1) is 0 Å². The monoisotopic (exact) mass is 250 g/mol. The van der Waals surface area contributed by atoms with Gasteiger partial charge in [0, 0.05) is 22.7 Å². The minimum atomic E-state index is 0.792. The van der Waals surface area contributed by atoms with E-state index < -0.39 is 0 Å². The summed E-state index contributed by atoms with van der Waals surface area (Å²) in [5.41, 5.74) is 2.09. The molecule has 0 aliphatic carbocycles. The number of thioether (sulfide) groups is 1. The van der Waals surface area contributed by atoms with Gasteiger partial charge in [0.05, 0.1) is 0 Å². The molecule has 2 aromatic rings. The van der Waals surface area contributed by atoms with Gasteiger partial charge in [0.1, 0.15) is 0 Å². The van der Waals surface area contributed by atoms with Crippen LogP contribution >= 0.6 is 23.4 Å². The van der Waals surface area contributed by atoms with Crippen LogP contribution in [-0.4, -0.2) is 9.97 Å². The second-order valence-corrected chi connectivity index (χ2v) is 4.71. The minimum Gasteiger partial charge on any atom is -0.231 e. The summed E-state index contributed by atoms with van der Waals surface area (Å²) in [6.07, 6.45) is 1.78. The Hall–Kier alpha value is -1.06. The molecule has 0 fully saturated rings. The van der Waals surface area contributed by atoms with Gasteiger partial charge in [0.15, 0.2) is 5.16 Å². The van der Waals surface area contributed by atoms with Crippen molar-refractivity contribution in [1.82, 2.24) is 9.97 Å². The number of hydrogen-bond donors (Lipinski definition) is 0. The third kappa shape index (κ3) is 2.97. The summed E-state index contributed by atoms with van der Waals surface area (Å²) >= 11 is 7.66. The first-order chi connectivity index (χ1) is 7.75. The number of rotatable bonds is 3. The Morgan fingerprint density at radius 3 is 2.81 bits per heavy atom. The first-order valence-corrected chi connectivity index (χ1v) is 6.28. The van der Waals surface area contributed by atoms with Gasteiger partial charge in [-0.3, -0.25) is 0 Å². The van der Waals surface area contributed by atoms with Gasteiger partial charge < -0.3 is 0 Å². The predicted octanol–water partition coefficient (Wildman–Crippen LogP) is 3.73. The average Bonchev–Trinajstić information content (AvgIpc) is 2.28. The quantitative estimate of drug-likeness (QED) is 0.613. The lowest BCUT2D eigenvalue weighted by Crippen LogP contribution is -1.89. The summed E-state index contributed by atoms with van der Waals surface area (Å²) in [5, 5.41) is 1.59. The largest absolute Gasteiger partial charge is 0.231 e. The number of benzene rings is 1. The zero-order chi connectivity index (χ0) is 11.4. The van der Waals surface area contributed by atoms with Crippen molar-refractivity contribution in [3.63, 3.8) is 0 Å². The lowest BCUT2D eigenvalue weighted by Gasteiger charge is -2.03. The lowest BCUT2D eigenvalue weighted by atomic mass is 10.2. The van der Waals surface area contributed by atoms with Crippen LogP contribution in [0.2, 0.25) is 5.02 Å². The smallest absolute Gasteiger partial charge is 0.188 e. The van der Waals surface area contributed by atoms with Crippen molar-refractivity contribution in [3.05, 3.63) is 52.8 Å². The molecule has 0 amide bonds. The molecule has 0 saturated heterocycles. The maximum absolute atomic E-state index is 6.07. The highest BCUT2D eigenvalue weighted by atomic mass is 35.5. The van der Waals surface area contributed by atoms with E-state index in [0.717, 1.165) is 27.2 Å². The summed E-state index contributed by atoms with van der Waals surface area (Å²) < 4.78 is 0. The molecule has 0 radical (unpaired) electrons. The summed E-state index contributed by atoms with van der Waals surface area (Å²) in [6, 6.07) is 9.72. The molecule has 0 saturated carbocycles. The lowest BCUT2D eigenvalue weighted by molar-refractivity contribution is 0.932. The highest BCUT2D eigenvalue weighted by Crippen LogP contribution is 2.24. The van der Waals surface area contributed by atoms with Crippen LogP contribution in [0.1, 0.15) is 11.3 Å². The topological polar surface area (TPSA) is 25.8 Å². The maximum atomic E-state index is 6.07. The van der Waals surface area contributed by atoms with Gasteiger partial charge in [-0.25, -0.2) is 9.97 Å². The predicted molar refractivity (Wildman–Crippen MR) is 67.8 cm³/mol. The van der Waals surface area contributed by atoms with E-state index in [4.69, 9.17) is 11.6 Å². The molecule has 2 rings (SSSR count). The van der Waals surface area contributed by atoms with Crippen LogP contribution in [0.4, 0.5) is 0 Å². The molecule has 0 spiro atoms. The standard InChI is InChI=1S/C12H11ClN2S/c1-9-6-7-14-12(15-9)16-8-10-4-2-3-5-11(10)13/h2-7H,8H2,1H3. The van der Waals surface area contributed by atoms with Gasteiger partial charge in [0.2, 0.25) is 0 Å². The van der Waals surface area contributed by atoms with E-state index in [2.05, 4.69) is 9.97 Å². The maximum Gasteiger partial charge on any atom is 0.188 e. The van der Waals surface area contributed by atoms with Gasteiger partial charge in [-0.1, -0.05) is 41.6 Å². The molecule has 2 nitrogen and oxygen atoms in total. The fraction of sp³-hybridized carbons (Fsp3) is 0.167. The highest BCUT2D eigenvalue weighted by molar-refractivity contribution is 7.98. The van der Waals surface area contributed by atoms with Crippen LogP contribution in [0.5, 0.6) is 0 Å². The third-order valence-electron chi connectivity index (χ3n) is 2.09. The molecule has 1 aromatic carbocycles. The van der Waals surface area contributed by atoms with Crippen LogP contribution in [0.15, 0.2) is 41.7 Å². The third-order valence-corrected chi connectivity index (χ3v) is 3.37. The molecule has 0 unspecified atom stereocenters. The number of nitrogens with zero attached hydrogens (tertiary/aromatic N) is 2. The number of aromatic nitrogens is 2. The Morgan fingerprint density at radius 2 is 2.06 bits per heavy atom. The molecule has 0 aliphatic heterocycles. The summed E-state index contributed by atoms with van der Waals surface area (Å²) in [5.74, 6) is 0.795. The summed E-state index contributed by atoms with van der Waals surface area (Å²) in [7, 11) is 0. The SMILES string of the molecule is Cc1ccnc(SCc2ccccc2Cl)n1. The van der Waals surface area contributed by atoms with E-state index in [1.54, 1.807) is 18.0 Å². The zero-order valence-electron chi connectivity index (χ0n) is 8.85. The average molecular weight is 251 g/mol. The fourth-order valence-electron chi connectivity index (χ4n) is 1.25. The van der Waals surface area contributed by atoms with Crippen LogP contribution < -0.4 is 0 Å². The molecule has 0 atom stereocenters. The summed E-state index contributed by atoms with van der Waals surface area (Å²) in [6.45, 7) is 1.96. The number of halogens is 1. The second-order valence-electron chi connectivity index (χ2n) is 3.36. The van der Waals surface area contributed by atoms with Gasteiger partial charge >= 0.3 is 0 Å². The van der Waals surface area contributed by atoms with Crippen LogP contribution in [0.25, 0.3) is 0 Å². The number of aryl methyl sites for hydroxylation is 1. The molecular formula is C12H11ClN2S. The van der Waals surface area contributed by atoms with E-state index in [-0.39, 0.29) is 0 Å². The van der Waals surface area contributed by atoms with Crippen molar-refractivity contribution < 1.29 is 0 Å². The Kier molecular flexibility index (Phi) is 3.80. The van der Waals surface area contributed by atoms with Crippen LogP contribution in [0.3, 0.4) is 0 Å². The van der Waals surface area contributed by atoms with E-state index in [9.17, 15) is 0 Å². The van der Waals surface area contributed by atoms with E-state index in [0.29, 0.717) is 0 Å². The highest BCUT2D eigenvalue weighted by Gasteiger charge is 2.02. The van der Waals surface area contributed by atoms with Crippen LogP contribution in [0, 0.1) is 6.92 Å². The fourth-order valence-corrected chi connectivity index (χ4v) is 2.42. The van der Waals surface area contributed by atoms with Crippen molar-refractivity contribution >= 4 is 23.4 Å². The number of hydrogen-bond acceptors (Lipinski definition) is 3. The Morgan fingerprint density at radius 1 is 1.25 bits per heavy atom. The van der Waals surface area contributed by atoms with Gasteiger partial charge in [-0.05, 0) is 24.6 Å². The molecule has 82 valence electrons. The Bertz CT molecular complexity index is 488. The molecule has 16 heavy (non-hydrogen) atoms. The zero-order valence-corrected chi connectivity index (χ0v) is 10.4. The normalized spacial score (nSPS) is 10.4. The first-order valence-electron chi connectivity index (χ1n) is 4.91. The van der Waals surface area contributed by atoms with E-state index >= 15 is 0 Å². The molecule has 0 N–H and O–H groups in total. The first kappa shape index (κ1) is 11.4. The van der Waals surface area contributed by atoms with E-state index in [1.807, 2.05) is 37.3 Å². The van der Waals surface area contributed by atoms with Crippen molar-refractivity contribution in [3.8, 4) is 0 Å². The molecule has 1 heterocycles. The summed E-state index contributed by atoms with van der Waals surface area (Å²) in [4.78, 5) is 8.52. The molecular weight excluding hydrogens is 240 g/mol. The van der Waals surface area contributed by atoms with E-state index in [1.165, 1.54) is 0 Å². The minimum absolute atomic E-state index is 0.792. The van der Waals surface area contributed by atoms with Crippen molar-refractivity contribution in [1.29, 1.82) is 0 Å². The van der Waals surface area contributed by atoms with Gasteiger partial charge in [0.25, 0.3) is 0 Å². The van der Waals surface area contributed by atoms with Crippen LogP contribution in [-0.2, 0) is 5.75 Å². The van der Waals surface area contributed by atoms with Crippen molar-refractivity contribution in [2.24, 2.45) is 0 Å². The molecule has 0 aliphatic rings. The van der Waals surface area contributed by atoms with Gasteiger partial charge in [-0.2, -0.15) is 0 Å². The Labute approximate surface area is 104 Å². The van der Waals surface area contributed by atoms with Crippen molar-refractivity contribution in [2.75, 3.05) is 0 Å².